The number of rotatable bonds is 3. The summed E-state index contributed by atoms with van der Waals surface area (Å²) in [5.41, 5.74) is 0.583. The van der Waals surface area contributed by atoms with Gasteiger partial charge in [0.15, 0.2) is 6.61 Å². The van der Waals surface area contributed by atoms with Crippen molar-refractivity contribution in [3.63, 3.8) is 0 Å². The molecule has 2 heterocycles. The summed E-state index contributed by atoms with van der Waals surface area (Å²) in [6, 6.07) is 8.65. The van der Waals surface area contributed by atoms with E-state index in [1.54, 1.807) is 18.2 Å². The molecule has 1 aromatic carbocycles. The van der Waals surface area contributed by atoms with Crippen LogP contribution in [0.4, 0.5) is 5.69 Å². The van der Waals surface area contributed by atoms with Crippen molar-refractivity contribution in [1.29, 1.82) is 0 Å². The van der Waals surface area contributed by atoms with Crippen molar-refractivity contribution in [2.75, 3.05) is 11.9 Å². The number of amides is 1. The number of hydrogen-bond acceptors (Lipinski definition) is 5. The summed E-state index contributed by atoms with van der Waals surface area (Å²) in [7, 11) is 0. The number of thiophene rings is 1. The molecule has 6 heteroatoms. The number of ether oxygens (including phenoxy) is 2. The number of fused-ring (bicyclic) bond motifs is 1. The van der Waals surface area contributed by atoms with E-state index in [0.717, 1.165) is 4.88 Å². The highest BCUT2D eigenvalue weighted by atomic mass is 32.1. The smallest absolute Gasteiger partial charge is 0.316 e. The zero-order valence-corrected chi connectivity index (χ0v) is 11.2. The highest BCUT2D eigenvalue weighted by Gasteiger charge is 2.17. The Labute approximate surface area is 119 Å². The number of hydrogen-bond donors (Lipinski definition) is 1. The number of nitrogens with one attached hydrogen (secondary N) is 1. The third kappa shape index (κ3) is 2.80. The van der Waals surface area contributed by atoms with Gasteiger partial charge in [0.1, 0.15) is 11.5 Å². The number of benzene rings is 1. The molecule has 0 bridgehead atoms. The Morgan fingerprint density at radius 3 is 3.10 bits per heavy atom. The average Bonchev–Trinajstić information content (AvgIpc) is 2.91. The SMILES string of the molecule is O=C1COc2cc(OC(=O)Cc3cccs3)ccc2N1. The minimum atomic E-state index is -0.327. The van der Waals surface area contributed by atoms with Gasteiger partial charge in [-0.1, -0.05) is 6.07 Å². The predicted octanol–water partition coefficient (Wildman–Crippen LogP) is 2.23. The number of esters is 1. The minimum absolute atomic E-state index is 0.0282. The summed E-state index contributed by atoms with van der Waals surface area (Å²) in [4.78, 5) is 23.9. The lowest BCUT2D eigenvalue weighted by Gasteiger charge is -2.18. The summed E-state index contributed by atoms with van der Waals surface area (Å²) in [6.07, 6.45) is 0.242. The van der Waals surface area contributed by atoms with Crippen LogP contribution in [0.25, 0.3) is 0 Å². The van der Waals surface area contributed by atoms with Crippen LogP contribution in [-0.4, -0.2) is 18.5 Å². The molecule has 102 valence electrons. The Morgan fingerprint density at radius 1 is 1.40 bits per heavy atom. The molecule has 0 radical (unpaired) electrons. The Kier molecular flexibility index (Phi) is 3.39. The van der Waals surface area contributed by atoms with Crippen LogP contribution >= 0.6 is 11.3 Å². The average molecular weight is 289 g/mol. The molecule has 20 heavy (non-hydrogen) atoms. The van der Waals surface area contributed by atoms with Gasteiger partial charge < -0.3 is 14.8 Å². The van der Waals surface area contributed by atoms with Crippen LogP contribution in [0.5, 0.6) is 11.5 Å². The second kappa shape index (κ2) is 5.34. The molecule has 0 unspecified atom stereocenters. The van der Waals surface area contributed by atoms with Crippen LogP contribution in [-0.2, 0) is 16.0 Å². The van der Waals surface area contributed by atoms with E-state index in [4.69, 9.17) is 9.47 Å². The third-order valence-corrected chi connectivity index (χ3v) is 3.59. The topological polar surface area (TPSA) is 64.6 Å². The van der Waals surface area contributed by atoms with Gasteiger partial charge in [-0.05, 0) is 23.6 Å². The fourth-order valence-corrected chi connectivity index (χ4v) is 2.53. The van der Waals surface area contributed by atoms with Gasteiger partial charge in [-0.15, -0.1) is 11.3 Å². The van der Waals surface area contributed by atoms with Crippen LogP contribution in [0, 0.1) is 0 Å². The van der Waals surface area contributed by atoms with Crippen molar-refractivity contribution in [1.82, 2.24) is 0 Å². The molecular formula is C14H11NO4S. The molecular weight excluding hydrogens is 278 g/mol. The molecule has 1 aromatic heterocycles. The Hall–Kier alpha value is -2.34. The third-order valence-electron chi connectivity index (χ3n) is 2.72. The molecule has 0 atom stereocenters. The maximum Gasteiger partial charge on any atom is 0.316 e. The first-order chi connectivity index (χ1) is 9.70. The molecule has 1 amide bonds. The first-order valence-electron chi connectivity index (χ1n) is 6.00. The van der Waals surface area contributed by atoms with Gasteiger partial charge in [0.2, 0.25) is 0 Å². The summed E-state index contributed by atoms with van der Waals surface area (Å²) in [5.74, 6) is 0.389. The summed E-state index contributed by atoms with van der Waals surface area (Å²) >= 11 is 1.51. The molecule has 0 aliphatic carbocycles. The number of carbonyl (C=O) groups excluding carboxylic acids is 2. The molecule has 3 rings (SSSR count). The number of carbonyl (C=O) groups is 2. The summed E-state index contributed by atoms with van der Waals surface area (Å²) in [5, 5.41) is 4.59. The van der Waals surface area contributed by atoms with Crippen molar-refractivity contribution in [3.8, 4) is 11.5 Å². The molecule has 1 aliphatic rings. The monoisotopic (exact) mass is 289 g/mol. The van der Waals surface area contributed by atoms with Crippen molar-refractivity contribution >= 4 is 28.9 Å². The van der Waals surface area contributed by atoms with Gasteiger partial charge in [-0.3, -0.25) is 9.59 Å². The fraction of sp³-hybridized carbons (Fsp3) is 0.143. The van der Waals surface area contributed by atoms with E-state index in [0.29, 0.717) is 17.2 Å². The van der Waals surface area contributed by atoms with Crippen molar-refractivity contribution in [3.05, 3.63) is 40.6 Å². The maximum absolute atomic E-state index is 11.8. The van der Waals surface area contributed by atoms with Crippen molar-refractivity contribution in [2.45, 2.75) is 6.42 Å². The van der Waals surface area contributed by atoms with Gasteiger partial charge >= 0.3 is 5.97 Å². The van der Waals surface area contributed by atoms with Crippen LogP contribution in [0.3, 0.4) is 0 Å². The first kappa shape index (κ1) is 12.7. The van der Waals surface area contributed by atoms with E-state index in [1.165, 1.54) is 11.3 Å². The van der Waals surface area contributed by atoms with Gasteiger partial charge in [0.05, 0.1) is 12.1 Å². The zero-order valence-electron chi connectivity index (χ0n) is 10.4. The molecule has 1 aliphatic heterocycles. The number of anilines is 1. The van der Waals surface area contributed by atoms with Gasteiger partial charge in [0, 0.05) is 10.9 Å². The van der Waals surface area contributed by atoms with Crippen molar-refractivity contribution in [2.24, 2.45) is 0 Å². The fourth-order valence-electron chi connectivity index (χ4n) is 1.84. The minimum Gasteiger partial charge on any atom is -0.481 e. The van der Waals surface area contributed by atoms with Crippen LogP contribution in [0.15, 0.2) is 35.7 Å². The Balaban J connectivity index is 1.69. The standard InChI is InChI=1S/C14H11NO4S/c16-13-8-18-12-6-9(3-4-11(12)15-13)19-14(17)7-10-2-1-5-20-10/h1-6H,7-8H2,(H,15,16). The Morgan fingerprint density at radius 2 is 2.30 bits per heavy atom. The largest absolute Gasteiger partial charge is 0.481 e. The van der Waals surface area contributed by atoms with E-state index in [9.17, 15) is 9.59 Å². The van der Waals surface area contributed by atoms with Crippen molar-refractivity contribution < 1.29 is 19.1 Å². The van der Waals surface area contributed by atoms with Crippen LogP contribution in [0.1, 0.15) is 4.88 Å². The zero-order chi connectivity index (χ0) is 13.9. The first-order valence-corrected chi connectivity index (χ1v) is 6.88. The van der Waals surface area contributed by atoms with Crippen LogP contribution < -0.4 is 14.8 Å². The van der Waals surface area contributed by atoms with E-state index in [1.807, 2.05) is 17.5 Å². The van der Waals surface area contributed by atoms with E-state index < -0.39 is 0 Å². The molecule has 0 saturated carbocycles. The lowest BCUT2D eigenvalue weighted by Crippen LogP contribution is -2.25. The molecule has 1 N–H and O–H groups in total. The lowest BCUT2D eigenvalue weighted by atomic mass is 10.2. The molecule has 0 fully saturated rings. The molecule has 0 saturated heterocycles. The molecule has 5 nitrogen and oxygen atoms in total. The van der Waals surface area contributed by atoms with Gasteiger partial charge in [-0.25, -0.2) is 0 Å². The van der Waals surface area contributed by atoms with E-state index >= 15 is 0 Å². The predicted molar refractivity (Wildman–Crippen MR) is 74.2 cm³/mol. The lowest BCUT2D eigenvalue weighted by molar-refractivity contribution is -0.133. The van der Waals surface area contributed by atoms with E-state index in [-0.39, 0.29) is 24.9 Å². The van der Waals surface area contributed by atoms with Gasteiger partial charge in [-0.2, -0.15) is 0 Å². The second-order valence-corrected chi connectivity index (χ2v) is 5.26. The highest BCUT2D eigenvalue weighted by molar-refractivity contribution is 7.10. The Bertz CT molecular complexity index is 651. The van der Waals surface area contributed by atoms with Gasteiger partial charge in [0.25, 0.3) is 5.91 Å². The maximum atomic E-state index is 11.8. The van der Waals surface area contributed by atoms with E-state index in [2.05, 4.69) is 5.32 Å². The summed E-state index contributed by atoms with van der Waals surface area (Å²) < 4.78 is 10.5. The molecule has 2 aromatic rings. The quantitative estimate of drug-likeness (QED) is 0.695. The second-order valence-electron chi connectivity index (χ2n) is 4.23. The highest BCUT2D eigenvalue weighted by Crippen LogP contribution is 2.31. The molecule has 0 spiro atoms. The summed E-state index contributed by atoms with van der Waals surface area (Å²) in [6.45, 7) is -0.0282. The normalized spacial score (nSPS) is 13.1. The van der Waals surface area contributed by atoms with Crippen LogP contribution in [0.2, 0.25) is 0 Å².